The van der Waals surface area contributed by atoms with E-state index in [4.69, 9.17) is 4.74 Å². The van der Waals surface area contributed by atoms with Crippen molar-refractivity contribution in [1.82, 2.24) is 8.87 Å². The standard InChI is InChI=1S/C24H25FN2O6S/c1-24(2,3)33-23(29)27-14-20(19-10-7-17(25)11-21(19)27)15-5-8-18(9-6-15)34(30,31)26-12-16(13-26)22(28)32-4/h5-11,14,16H,12-13H2,1-4H3. The maximum absolute atomic E-state index is 14.0. The van der Waals surface area contributed by atoms with Crippen molar-refractivity contribution in [3.8, 4) is 11.1 Å². The summed E-state index contributed by atoms with van der Waals surface area (Å²) in [6.07, 6.45) is 0.907. The number of fused-ring (bicyclic) bond motifs is 1. The molecule has 0 spiro atoms. The van der Waals surface area contributed by atoms with E-state index in [0.29, 0.717) is 22.0 Å². The maximum atomic E-state index is 14.0. The van der Waals surface area contributed by atoms with Gasteiger partial charge in [0.25, 0.3) is 0 Å². The second kappa shape index (κ2) is 8.52. The normalized spacial score (nSPS) is 15.2. The molecule has 34 heavy (non-hydrogen) atoms. The molecule has 0 radical (unpaired) electrons. The molecule has 8 nitrogen and oxygen atoms in total. The van der Waals surface area contributed by atoms with E-state index in [2.05, 4.69) is 4.74 Å². The molecular weight excluding hydrogens is 463 g/mol. The van der Waals surface area contributed by atoms with Gasteiger partial charge in [0.15, 0.2) is 0 Å². The van der Waals surface area contributed by atoms with Gasteiger partial charge in [-0.25, -0.2) is 17.6 Å². The van der Waals surface area contributed by atoms with Gasteiger partial charge in [0, 0.05) is 30.2 Å². The molecule has 0 amide bonds. The smallest absolute Gasteiger partial charge is 0.419 e. The third-order valence-electron chi connectivity index (χ3n) is 5.54. The SMILES string of the molecule is COC(=O)C1CN(S(=O)(=O)c2ccc(-c3cn(C(=O)OC(C)(C)C)c4cc(F)ccc34)cc2)C1. The van der Waals surface area contributed by atoms with Crippen molar-refractivity contribution >= 4 is 33.0 Å². The lowest BCUT2D eigenvalue weighted by molar-refractivity contribution is -0.149. The van der Waals surface area contributed by atoms with Crippen LogP contribution in [0.2, 0.25) is 0 Å². The summed E-state index contributed by atoms with van der Waals surface area (Å²) in [5, 5.41) is 0.617. The zero-order valence-corrected chi connectivity index (χ0v) is 20.1. The van der Waals surface area contributed by atoms with Gasteiger partial charge >= 0.3 is 12.1 Å². The molecule has 10 heteroatoms. The van der Waals surface area contributed by atoms with Crippen molar-refractivity contribution in [3.63, 3.8) is 0 Å². The molecule has 4 rings (SSSR count). The van der Waals surface area contributed by atoms with Crippen molar-refractivity contribution in [2.24, 2.45) is 5.92 Å². The van der Waals surface area contributed by atoms with Crippen LogP contribution in [0.15, 0.2) is 53.6 Å². The van der Waals surface area contributed by atoms with Crippen molar-refractivity contribution in [1.29, 1.82) is 0 Å². The molecule has 1 aliphatic rings. The Balaban J connectivity index is 1.66. The van der Waals surface area contributed by atoms with E-state index in [1.54, 1.807) is 45.2 Å². The number of carbonyl (C=O) groups is 2. The zero-order chi connectivity index (χ0) is 24.8. The predicted octanol–water partition coefficient (Wildman–Crippen LogP) is 4.02. The van der Waals surface area contributed by atoms with Gasteiger partial charge in [-0.05, 0) is 56.7 Å². The van der Waals surface area contributed by atoms with E-state index in [1.165, 1.54) is 40.2 Å². The monoisotopic (exact) mass is 488 g/mol. The van der Waals surface area contributed by atoms with Crippen LogP contribution in [0, 0.1) is 11.7 Å². The second-order valence-electron chi connectivity index (χ2n) is 9.12. The van der Waals surface area contributed by atoms with E-state index in [9.17, 15) is 22.4 Å². The highest BCUT2D eigenvalue weighted by molar-refractivity contribution is 7.89. The summed E-state index contributed by atoms with van der Waals surface area (Å²) in [5.41, 5.74) is 0.879. The van der Waals surface area contributed by atoms with Crippen molar-refractivity contribution in [3.05, 3.63) is 54.5 Å². The van der Waals surface area contributed by atoms with Crippen LogP contribution in [-0.2, 0) is 24.3 Å². The van der Waals surface area contributed by atoms with Crippen LogP contribution in [0.4, 0.5) is 9.18 Å². The van der Waals surface area contributed by atoms with E-state index in [-0.39, 0.29) is 18.0 Å². The Kier molecular flexibility index (Phi) is 5.99. The highest BCUT2D eigenvalue weighted by atomic mass is 32.2. The van der Waals surface area contributed by atoms with Gasteiger partial charge in [-0.15, -0.1) is 0 Å². The van der Waals surface area contributed by atoms with E-state index < -0.39 is 39.4 Å². The molecular formula is C24H25FN2O6S. The molecule has 1 aromatic heterocycles. The molecule has 0 N–H and O–H groups in total. The van der Waals surface area contributed by atoms with Gasteiger partial charge in [-0.2, -0.15) is 4.31 Å². The third kappa shape index (κ3) is 4.43. The summed E-state index contributed by atoms with van der Waals surface area (Å²) in [7, 11) is -2.49. The minimum Gasteiger partial charge on any atom is -0.469 e. The van der Waals surface area contributed by atoms with Crippen LogP contribution in [0.1, 0.15) is 20.8 Å². The van der Waals surface area contributed by atoms with Crippen LogP contribution in [0.25, 0.3) is 22.0 Å². The Morgan fingerprint density at radius 3 is 2.29 bits per heavy atom. The zero-order valence-electron chi connectivity index (χ0n) is 19.2. The van der Waals surface area contributed by atoms with Crippen LogP contribution in [0.5, 0.6) is 0 Å². The predicted molar refractivity (Wildman–Crippen MR) is 123 cm³/mol. The summed E-state index contributed by atoms with van der Waals surface area (Å²) in [6, 6.07) is 10.3. The molecule has 0 atom stereocenters. The van der Waals surface area contributed by atoms with E-state index >= 15 is 0 Å². The van der Waals surface area contributed by atoms with Gasteiger partial charge in [0.1, 0.15) is 11.4 Å². The van der Waals surface area contributed by atoms with E-state index in [1.807, 2.05) is 0 Å². The van der Waals surface area contributed by atoms with Gasteiger partial charge in [0.2, 0.25) is 10.0 Å². The summed E-state index contributed by atoms with van der Waals surface area (Å²) in [6.45, 7) is 5.37. The Morgan fingerprint density at radius 2 is 1.71 bits per heavy atom. The van der Waals surface area contributed by atoms with E-state index in [0.717, 1.165) is 0 Å². The van der Waals surface area contributed by atoms with Gasteiger partial charge in [-0.1, -0.05) is 12.1 Å². The van der Waals surface area contributed by atoms with Gasteiger partial charge in [-0.3, -0.25) is 9.36 Å². The lowest BCUT2D eigenvalue weighted by Crippen LogP contribution is -2.53. The first-order valence-electron chi connectivity index (χ1n) is 10.6. The third-order valence-corrected chi connectivity index (χ3v) is 7.39. The van der Waals surface area contributed by atoms with Crippen molar-refractivity contribution in [2.45, 2.75) is 31.3 Å². The summed E-state index contributed by atoms with van der Waals surface area (Å²) in [5.74, 6) is -1.39. The molecule has 2 aromatic carbocycles. The molecule has 0 saturated carbocycles. The number of sulfonamides is 1. The van der Waals surface area contributed by atoms with Crippen molar-refractivity contribution in [2.75, 3.05) is 20.2 Å². The Labute approximate surface area is 196 Å². The topological polar surface area (TPSA) is 94.9 Å². The van der Waals surface area contributed by atoms with Crippen molar-refractivity contribution < 1.29 is 31.9 Å². The number of benzene rings is 2. The fourth-order valence-electron chi connectivity index (χ4n) is 3.80. The summed E-state index contributed by atoms with van der Waals surface area (Å²) in [4.78, 5) is 24.4. The Morgan fingerprint density at radius 1 is 1.06 bits per heavy atom. The average Bonchev–Trinajstić information content (AvgIpc) is 3.10. The van der Waals surface area contributed by atoms with Gasteiger partial charge < -0.3 is 9.47 Å². The van der Waals surface area contributed by atoms with Crippen LogP contribution >= 0.6 is 0 Å². The largest absolute Gasteiger partial charge is 0.469 e. The molecule has 1 fully saturated rings. The maximum Gasteiger partial charge on any atom is 0.419 e. The quantitative estimate of drug-likeness (QED) is 0.515. The van der Waals surface area contributed by atoms with Crippen LogP contribution in [-0.4, -0.2) is 55.2 Å². The fraction of sp³-hybridized carbons (Fsp3) is 0.333. The number of rotatable bonds is 4. The lowest BCUT2D eigenvalue weighted by Gasteiger charge is -2.36. The molecule has 180 valence electrons. The Bertz CT molecular complexity index is 1370. The number of carbonyl (C=O) groups excluding carboxylic acids is 2. The first-order valence-corrected chi connectivity index (χ1v) is 12.1. The highest BCUT2D eigenvalue weighted by Crippen LogP contribution is 2.33. The molecule has 1 aliphatic heterocycles. The number of ether oxygens (including phenoxy) is 2. The average molecular weight is 489 g/mol. The Hall–Kier alpha value is -3.24. The minimum absolute atomic E-state index is 0.0751. The number of hydrogen-bond donors (Lipinski definition) is 0. The molecule has 1 saturated heterocycles. The number of aromatic nitrogens is 1. The number of halogens is 1. The molecule has 0 unspecified atom stereocenters. The number of nitrogens with zero attached hydrogens (tertiary/aromatic N) is 2. The number of hydrogen-bond acceptors (Lipinski definition) is 6. The highest BCUT2D eigenvalue weighted by Gasteiger charge is 2.41. The molecule has 0 bridgehead atoms. The molecule has 2 heterocycles. The minimum atomic E-state index is -3.76. The second-order valence-corrected chi connectivity index (χ2v) is 11.1. The first-order chi connectivity index (χ1) is 15.9. The fourth-order valence-corrected chi connectivity index (χ4v) is 5.33. The first kappa shape index (κ1) is 23.9. The lowest BCUT2D eigenvalue weighted by atomic mass is 10.0. The van der Waals surface area contributed by atoms with Crippen LogP contribution in [0.3, 0.4) is 0 Å². The number of esters is 1. The summed E-state index contributed by atoms with van der Waals surface area (Å²) < 4.78 is 52.3. The van der Waals surface area contributed by atoms with Crippen LogP contribution < -0.4 is 0 Å². The van der Waals surface area contributed by atoms with Gasteiger partial charge in [0.05, 0.1) is 23.4 Å². The molecule has 0 aliphatic carbocycles. The summed E-state index contributed by atoms with van der Waals surface area (Å²) >= 11 is 0. The molecule has 3 aromatic rings. The number of methoxy groups -OCH3 is 1.